The zero-order valence-electron chi connectivity index (χ0n) is 15.6. The SMILES string of the molecule is CCc1cc(N(C)Cc2ccc(Cl)c(Cl)c2)ccc1CN1CC(C(=O)O)C1. The maximum atomic E-state index is 11.0. The molecule has 1 N–H and O–H groups in total. The quantitative estimate of drug-likeness (QED) is 0.722. The average molecular weight is 407 g/mol. The van der Waals surface area contributed by atoms with E-state index >= 15 is 0 Å². The van der Waals surface area contributed by atoms with Crippen LogP contribution in [0.3, 0.4) is 0 Å². The summed E-state index contributed by atoms with van der Waals surface area (Å²) in [6.07, 6.45) is 0.944. The summed E-state index contributed by atoms with van der Waals surface area (Å²) in [5, 5.41) is 10.2. The van der Waals surface area contributed by atoms with Crippen molar-refractivity contribution in [3.63, 3.8) is 0 Å². The Labute approximate surface area is 170 Å². The Kier molecular flexibility index (Phi) is 6.30. The minimum atomic E-state index is -0.693. The molecule has 6 heteroatoms. The smallest absolute Gasteiger partial charge is 0.309 e. The fourth-order valence-corrected chi connectivity index (χ4v) is 3.75. The lowest BCUT2D eigenvalue weighted by Gasteiger charge is -2.37. The number of nitrogens with zero attached hydrogens (tertiary/aromatic N) is 2. The van der Waals surface area contributed by atoms with Gasteiger partial charge < -0.3 is 10.0 Å². The van der Waals surface area contributed by atoms with Gasteiger partial charge >= 0.3 is 5.97 Å². The minimum Gasteiger partial charge on any atom is -0.481 e. The van der Waals surface area contributed by atoms with Crippen molar-refractivity contribution in [2.75, 3.05) is 25.0 Å². The third-order valence-corrected chi connectivity index (χ3v) is 5.85. The summed E-state index contributed by atoms with van der Waals surface area (Å²) in [5.74, 6) is -0.909. The fraction of sp³-hybridized carbons (Fsp3) is 0.381. The molecule has 0 bridgehead atoms. The number of carbonyl (C=O) groups is 1. The van der Waals surface area contributed by atoms with Crippen LogP contribution >= 0.6 is 23.2 Å². The lowest BCUT2D eigenvalue weighted by atomic mass is 9.97. The summed E-state index contributed by atoms with van der Waals surface area (Å²) in [6, 6.07) is 12.2. The molecule has 0 unspecified atom stereocenters. The van der Waals surface area contributed by atoms with Crippen LogP contribution in [-0.2, 0) is 24.3 Å². The van der Waals surface area contributed by atoms with Gasteiger partial charge in [-0.05, 0) is 47.4 Å². The molecule has 2 aromatic rings. The molecular weight excluding hydrogens is 383 g/mol. The Bertz CT molecular complexity index is 835. The van der Waals surface area contributed by atoms with Crippen LogP contribution in [0.4, 0.5) is 5.69 Å². The molecule has 1 aliphatic heterocycles. The van der Waals surface area contributed by atoms with E-state index in [4.69, 9.17) is 28.3 Å². The van der Waals surface area contributed by atoms with E-state index < -0.39 is 5.97 Å². The van der Waals surface area contributed by atoms with Gasteiger partial charge in [0.15, 0.2) is 0 Å². The monoisotopic (exact) mass is 406 g/mol. The molecule has 0 amide bonds. The van der Waals surface area contributed by atoms with Crippen LogP contribution in [0, 0.1) is 5.92 Å². The number of likely N-dealkylation sites (tertiary alicyclic amines) is 1. The number of rotatable bonds is 7. The average Bonchev–Trinajstić information content (AvgIpc) is 2.60. The highest BCUT2D eigenvalue weighted by atomic mass is 35.5. The maximum Gasteiger partial charge on any atom is 0.309 e. The standard InChI is InChI=1S/C21H24Cl2N2O2/c1-3-15-9-18(24(2)10-14-4-7-19(22)20(23)8-14)6-5-16(15)11-25-12-17(13-25)21(26)27/h4-9,17H,3,10-13H2,1-2H3,(H,26,27). The van der Waals surface area contributed by atoms with Gasteiger partial charge in [0.1, 0.15) is 0 Å². The van der Waals surface area contributed by atoms with E-state index in [-0.39, 0.29) is 5.92 Å². The number of aliphatic carboxylic acids is 1. The van der Waals surface area contributed by atoms with Gasteiger partial charge in [0.05, 0.1) is 16.0 Å². The van der Waals surface area contributed by atoms with Crippen molar-refractivity contribution in [1.82, 2.24) is 4.90 Å². The van der Waals surface area contributed by atoms with E-state index in [9.17, 15) is 4.79 Å². The molecule has 1 fully saturated rings. The largest absolute Gasteiger partial charge is 0.481 e. The Morgan fingerprint density at radius 3 is 2.52 bits per heavy atom. The highest BCUT2D eigenvalue weighted by Crippen LogP contribution is 2.27. The number of hydrogen-bond donors (Lipinski definition) is 1. The van der Waals surface area contributed by atoms with Crippen molar-refractivity contribution >= 4 is 34.9 Å². The summed E-state index contributed by atoms with van der Waals surface area (Å²) in [7, 11) is 2.06. The number of carboxylic acid groups (broad SMARTS) is 1. The Hall–Kier alpha value is -1.75. The van der Waals surface area contributed by atoms with Gasteiger partial charge in [-0.1, -0.05) is 42.3 Å². The van der Waals surface area contributed by atoms with Crippen LogP contribution < -0.4 is 4.90 Å². The third-order valence-electron chi connectivity index (χ3n) is 5.12. The second-order valence-corrected chi connectivity index (χ2v) is 7.95. The Balaban J connectivity index is 1.67. The van der Waals surface area contributed by atoms with Crippen molar-refractivity contribution in [1.29, 1.82) is 0 Å². The van der Waals surface area contributed by atoms with E-state index in [2.05, 4.69) is 42.0 Å². The lowest BCUT2D eigenvalue weighted by molar-refractivity contribution is -0.147. The molecule has 1 saturated heterocycles. The van der Waals surface area contributed by atoms with E-state index in [1.165, 1.54) is 11.1 Å². The second-order valence-electron chi connectivity index (χ2n) is 7.14. The molecule has 0 atom stereocenters. The van der Waals surface area contributed by atoms with Crippen LogP contribution in [-0.4, -0.2) is 36.1 Å². The van der Waals surface area contributed by atoms with Gasteiger partial charge in [-0.25, -0.2) is 0 Å². The van der Waals surface area contributed by atoms with Crippen LogP contribution in [0.1, 0.15) is 23.6 Å². The van der Waals surface area contributed by atoms with Crippen LogP contribution in [0.25, 0.3) is 0 Å². The van der Waals surface area contributed by atoms with Gasteiger partial charge in [0.25, 0.3) is 0 Å². The first-order valence-electron chi connectivity index (χ1n) is 9.09. The first kappa shape index (κ1) is 20.0. The summed E-state index contributed by atoms with van der Waals surface area (Å²) in [6.45, 7) is 4.97. The van der Waals surface area contributed by atoms with E-state index in [1.54, 1.807) is 0 Å². The molecular formula is C21H24Cl2N2O2. The van der Waals surface area contributed by atoms with Crippen LogP contribution in [0.5, 0.6) is 0 Å². The van der Waals surface area contributed by atoms with Crippen molar-refractivity contribution in [2.24, 2.45) is 5.92 Å². The van der Waals surface area contributed by atoms with E-state index in [0.29, 0.717) is 23.1 Å². The van der Waals surface area contributed by atoms with Gasteiger partial charge in [-0.15, -0.1) is 0 Å². The molecule has 0 saturated carbocycles. The molecule has 3 rings (SSSR count). The summed E-state index contributed by atoms with van der Waals surface area (Å²) in [4.78, 5) is 15.3. The lowest BCUT2D eigenvalue weighted by Crippen LogP contribution is -2.49. The Morgan fingerprint density at radius 2 is 1.89 bits per heavy atom. The molecule has 2 aromatic carbocycles. The number of anilines is 1. The number of benzene rings is 2. The maximum absolute atomic E-state index is 11.0. The van der Waals surface area contributed by atoms with Crippen LogP contribution in [0.2, 0.25) is 10.0 Å². The van der Waals surface area contributed by atoms with E-state index in [0.717, 1.165) is 30.8 Å². The fourth-order valence-electron chi connectivity index (χ4n) is 3.43. The first-order chi connectivity index (χ1) is 12.9. The topological polar surface area (TPSA) is 43.8 Å². The summed E-state index contributed by atoms with van der Waals surface area (Å²) in [5.41, 5.74) is 4.82. The molecule has 144 valence electrons. The van der Waals surface area contributed by atoms with Crippen molar-refractivity contribution < 1.29 is 9.90 Å². The third kappa shape index (κ3) is 4.75. The molecule has 27 heavy (non-hydrogen) atoms. The summed E-state index contributed by atoms with van der Waals surface area (Å²) < 4.78 is 0. The predicted molar refractivity (Wildman–Crippen MR) is 111 cm³/mol. The minimum absolute atomic E-state index is 0.216. The van der Waals surface area contributed by atoms with Crippen molar-refractivity contribution in [3.05, 3.63) is 63.1 Å². The Morgan fingerprint density at radius 1 is 1.15 bits per heavy atom. The van der Waals surface area contributed by atoms with E-state index in [1.807, 2.05) is 18.2 Å². The van der Waals surface area contributed by atoms with Crippen molar-refractivity contribution in [2.45, 2.75) is 26.4 Å². The molecule has 0 aliphatic carbocycles. The highest BCUT2D eigenvalue weighted by Gasteiger charge is 2.32. The molecule has 0 radical (unpaired) electrons. The van der Waals surface area contributed by atoms with Crippen LogP contribution in [0.15, 0.2) is 36.4 Å². The number of halogens is 2. The van der Waals surface area contributed by atoms with Gasteiger partial charge in [-0.3, -0.25) is 9.69 Å². The molecule has 4 nitrogen and oxygen atoms in total. The van der Waals surface area contributed by atoms with Crippen molar-refractivity contribution in [3.8, 4) is 0 Å². The van der Waals surface area contributed by atoms with Gasteiger partial charge in [0, 0.05) is 38.9 Å². The highest BCUT2D eigenvalue weighted by molar-refractivity contribution is 6.42. The first-order valence-corrected chi connectivity index (χ1v) is 9.85. The molecule has 1 aliphatic rings. The van der Waals surface area contributed by atoms with Gasteiger partial charge in [-0.2, -0.15) is 0 Å². The number of hydrogen-bond acceptors (Lipinski definition) is 3. The molecule has 0 spiro atoms. The zero-order chi connectivity index (χ0) is 19.6. The summed E-state index contributed by atoms with van der Waals surface area (Å²) >= 11 is 12.1. The zero-order valence-corrected chi connectivity index (χ0v) is 17.1. The number of aryl methyl sites for hydroxylation is 1. The van der Waals surface area contributed by atoms with Gasteiger partial charge in [0.2, 0.25) is 0 Å². The molecule has 1 heterocycles. The normalized spacial score (nSPS) is 14.8. The number of carboxylic acids is 1. The predicted octanol–water partition coefficient (Wildman–Crippen LogP) is 4.71. The molecule has 0 aromatic heterocycles. The second kappa shape index (κ2) is 8.51.